The fraction of sp³-hybridized carbons (Fsp3) is 0.481. The van der Waals surface area contributed by atoms with Gasteiger partial charge in [-0.1, -0.05) is 30.3 Å². The van der Waals surface area contributed by atoms with Crippen LogP contribution in [0.4, 0.5) is 19.0 Å². The van der Waals surface area contributed by atoms with Crippen LogP contribution in [0.25, 0.3) is 0 Å². The van der Waals surface area contributed by atoms with Crippen LogP contribution in [0.3, 0.4) is 0 Å². The van der Waals surface area contributed by atoms with Gasteiger partial charge in [-0.25, -0.2) is 13.4 Å². The largest absolute Gasteiger partial charge is 0.417 e. The second-order valence-electron chi connectivity index (χ2n) is 10.2. The van der Waals surface area contributed by atoms with E-state index in [1.165, 1.54) is 6.07 Å². The Morgan fingerprint density at radius 2 is 1.59 bits per heavy atom. The van der Waals surface area contributed by atoms with E-state index in [0.29, 0.717) is 54.8 Å². The van der Waals surface area contributed by atoms with E-state index < -0.39 is 21.8 Å². The lowest BCUT2D eigenvalue weighted by atomic mass is 10.0. The van der Waals surface area contributed by atoms with Crippen LogP contribution in [0.15, 0.2) is 53.6 Å². The van der Waals surface area contributed by atoms with Gasteiger partial charge >= 0.3 is 6.18 Å². The lowest BCUT2D eigenvalue weighted by molar-refractivity contribution is -0.137. The number of piperidine rings is 1. The van der Waals surface area contributed by atoms with Gasteiger partial charge in [0.25, 0.3) is 0 Å². The van der Waals surface area contributed by atoms with Gasteiger partial charge in [-0.15, -0.1) is 0 Å². The van der Waals surface area contributed by atoms with Crippen LogP contribution in [-0.2, 0) is 22.7 Å². The number of sulfonamides is 1. The number of anilines is 1. The lowest BCUT2D eigenvalue weighted by Crippen LogP contribution is -2.54. The molecule has 4 heterocycles. The molecule has 39 heavy (non-hydrogen) atoms. The first-order valence-electron chi connectivity index (χ1n) is 13.1. The third-order valence-electron chi connectivity index (χ3n) is 7.74. The maximum Gasteiger partial charge on any atom is 0.417 e. The average molecular weight is 563 g/mol. The summed E-state index contributed by atoms with van der Waals surface area (Å²) in [6, 6.07) is 12.6. The van der Waals surface area contributed by atoms with Crippen molar-refractivity contribution in [1.82, 2.24) is 24.0 Å². The summed E-state index contributed by atoms with van der Waals surface area (Å²) in [4.78, 5) is 8.67. The molecule has 0 saturated carbocycles. The zero-order chi connectivity index (χ0) is 27.8. The van der Waals surface area contributed by atoms with E-state index in [9.17, 15) is 21.6 Å². The van der Waals surface area contributed by atoms with E-state index >= 15 is 0 Å². The summed E-state index contributed by atoms with van der Waals surface area (Å²) in [5, 5.41) is 4.54. The number of pyridine rings is 1. The van der Waals surface area contributed by atoms with Gasteiger partial charge in [0.2, 0.25) is 10.0 Å². The number of piperazine rings is 1. The molecule has 8 nitrogen and oxygen atoms in total. The molecule has 0 N–H and O–H groups in total. The number of hydrogen-bond donors (Lipinski definition) is 0. The second kappa shape index (κ2) is 10.9. The van der Waals surface area contributed by atoms with Crippen molar-refractivity contribution in [2.24, 2.45) is 0 Å². The Bertz CT molecular complexity index is 1380. The fourth-order valence-corrected chi connectivity index (χ4v) is 7.44. The van der Waals surface area contributed by atoms with Gasteiger partial charge in [0.15, 0.2) is 0 Å². The maximum absolute atomic E-state index is 13.6. The molecule has 0 bridgehead atoms. The first kappa shape index (κ1) is 27.6. The van der Waals surface area contributed by atoms with Crippen molar-refractivity contribution in [3.63, 3.8) is 0 Å². The Labute approximate surface area is 227 Å². The van der Waals surface area contributed by atoms with Crippen LogP contribution in [0, 0.1) is 13.8 Å². The molecule has 0 radical (unpaired) electrons. The molecule has 0 spiro atoms. The molecule has 5 rings (SSSR count). The Morgan fingerprint density at radius 3 is 2.18 bits per heavy atom. The highest BCUT2D eigenvalue weighted by Crippen LogP contribution is 2.31. The van der Waals surface area contributed by atoms with Crippen LogP contribution in [0.5, 0.6) is 0 Å². The van der Waals surface area contributed by atoms with Crippen molar-refractivity contribution in [3.8, 4) is 0 Å². The lowest BCUT2D eigenvalue weighted by Gasteiger charge is -2.42. The number of benzene rings is 1. The summed E-state index contributed by atoms with van der Waals surface area (Å²) >= 11 is 0. The van der Waals surface area contributed by atoms with Gasteiger partial charge in [-0.05, 0) is 44.4 Å². The first-order valence-corrected chi connectivity index (χ1v) is 14.6. The molecule has 2 aliphatic heterocycles. The summed E-state index contributed by atoms with van der Waals surface area (Å²) in [6.07, 6.45) is -2.05. The average Bonchev–Trinajstić information content (AvgIpc) is 3.21. The molecule has 3 aromatic rings. The fourth-order valence-electron chi connectivity index (χ4n) is 5.60. The molecule has 2 aliphatic rings. The van der Waals surface area contributed by atoms with Crippen molar-refractivity contribution in [2.75, 3.05) is 44.2 Å². The topological polar surface area (TPSA) is 74.6 Å². The molecule has 1 aromatic carbocycles. The summed E-state index contributed by atoms with van der Waals surface area (Å²) < 4.78 is 69.1. The van der Waals surface area contributed by atoms with Crippen LogP contribution in [0.1, 0.15) is 35.4 Å². The molecule has 2 fully saturated rings. The van der Waals surface area contributed by atoms with Gasteiger partial charge in [-0.2, -0.15) is 22.6 Å². The summed E-state index contributed by atoms with van der Waals surface area (Å²) in [7, 11) is -3.67. The Hall–Kier alpha value is -2.96. The number of halogens is 3. The van der Waals surface area contributed by atoms with Crippen LogP contribution >= 0.6 is 0 Å². The second-order valence-corrected chi connectivity index (χ2v) is 12.1. The standard InChI is InChI=1S/C27H33F3N6O2S/c1-20-26(21(2)36(32-20)19-22-6-4-3-5-7-22)39(37,38)35-12-10-24(11-13-35)33-14-16-34(17-15-33)25-9-8-23(18-31-25)27(28,29)30/h3-9,18,24H,10-17,19H2,1-2H3. The Balaban J connectivity index is 1.17. The Morgan fingerprint density at radius 1 is 0.923 bits per heavy atom. The molecular formula is C27H33F3N6O2S. The zero-order valence-corrected chi connectivity index (χ0v) is 22.9. The molecule has 210 valence electrons. The smallest absolute Gasteiger partial charge is 0.354 e. The molecule has 0 aliphatic carbocycles. The molecule has 2 saturated heterocycles. The monoisotopic (exact) mass is 562 g/mol. The van der Waals surface area contributed by atoms with Crippen LogP contribution in [-0.4, -0.2) is 77.7 Å². The number of hydrogen-bond acceptors (Lipinski definition) is 6. The van der Waals surface area contributed by atoms with E-state index in [4.69, 9.17) is 0 Å². The van der Waals surface area contributed by atoms with Crippen LogP contribution in [0.2, 0.25) is 0 Å². The van der Waals surface area contributed by atoms with E-state index in [2.05, 4.69) is 15.0 Å². The summed E-state index contributed by atoms with van der Waals surface area (Å²) in [5.74, 6) is 0.544. The summed E-state index contributed by atoms with van der Waals surface area (Å²) in [5.41, 5.74) is 1.47. The maximum atomic E-state index is 13.6. The highest BCUT2D eigenvalue weighted by molar-refractivity contribution is 7.89. The minimum absolute atomic E-state index is 0.266. The third kappa shape index (κ3) is 5.82. The quantitative estimate of drug-likeness (QED) is 0.453. The van der Waals surface area contributed by atoms with Crippen molar-refractivity contribution in [3.05, 3.63) is 71.2 Å². The molecule has 0 unspecified atom stereocenters. The van der Waals surface area contributed by atoms with Gasteiger partial charge in [-0.3, -0.25) is 9.58 Å². The van der Waals surface area contributed by atoms with Crippen molar-refractivity contribution >= 4 is 15.8 Å². The van der Waals surface area contributed by atoms with Crippen LogP contribution < -0.4 is 4.90 Å². The normalized spacial score (nSPS) is 18.5. The number of rotatable bonds is 6. The minimum Gasteiger partial charge on any atom is -0.354 e. The van der Waals surface area contributed by atoms with E-state index in [0.717, 1.165) is 43.8 Å². The summed E-state index contributed by atoms with van der Waals surface area (Å²) in [6.45, 7) is 7.79. The number of alkyl halides is 3. The predicted octanol–water partition coefficient (Wildman–Crippen LogP) is 3.94. The Kier molecular flexibility index (Phi) is 7.71. The third-order valence-corrected chi connectivity index (χ3v) is 9.89. The van der Waals surface area contributed by atoms with E-state index in [1.54, 1.807) is 15.9 Å². The number of aryl methyl sites for hydroxylation is 1. The molecule has 0 atom stereocenters. The molecule has 0 amide bonds. The SMILES string of the molecule is Cc1nn(Cc2ccccc2)c(C)c1S(=O)(=O)N1CCC(N2CCN(c3ccc(C(F)(F)F)cn3)CC2)CC1. The van der Waals surface area contributed by atoms with E-state index in [-0.39, 0.29) is 6.04 Å². The van der Waals surface area contributed by atoms with Gasteiger partial charge < -0.3 is 4.90 Å². The zero-order valence-electron chi connectivity index (χ0n) is 22.1. The number of nitrogens with zero attached hydrogens (tertiary/aromatic N) is 6. The van der Waals surface area contributed by atoms with E-state index in [1.807, 2.05) is 42.2 Å². The van der Waals surface area contributed by atoms with Crippen molar-refractivity contribution in [1.29, 1.82) is 0 Å². The van der Waals surface area contributed by atoms with Gasteiger partial charge in [0, 0.05) is 51.5 Å². The molecule has 2 aromatic heterocycles. The first-order chi connectivity index (χ1) is 18.5. The molecule has 12 heteroatoms. The van der Waals surface area contributed by atoms with Gasteiger partial charge in [0.1, 0.15) is 10.7 Å². The predicted molar refractivity (Wildman–Crippen MR) is 142 cm³/mol. The highest BCUT2D eigenvalue weighted by atomic mass is 32.2. The minimum atomic E-state index is -4.40. The van der Waals surface area contributed by atoms with Crippen molar-refractivity contribution < 1.29 is 21.6 Å². The number of aromatic nitrogens is 3. The molecular weight excluding hydrogens is 529 g/mol. The highest BCUT2D eigenvalue weighted by Gasteiger charge is 2.36. The van der Waals surface area contributed by atoms with Crippen molar-refractivity contribution in [2.45, 2.75) is 50.3 Å². The van der Waals surface area contributed by atoms with Gasteiger partial charge in [0.05, 0.1) is 23.5 Å².